The summed E-state index contributed by atoms with van der Waals surface area (Å²) >= 11 is 3.27. The Hall–Kier alpha value is -1.96. The second kappa shape index (κ2) is 4.05. The Labute approximate surface area is 110 Å². The van der Waals surface area contributed by atoms with Crippen molar-refractivity contribution in [1.29, 1.82) is 0 Å². The normalized spacial score (nSPS) is 16.2. The van der Waals surface area contributed by atoms with E-state index in [2.05, 4.69) is 31.4 Å². The predicted octanol–water partition coefficient (Wildman–Crippen LogP) is 0.938. The quantitative estimate of drug-likeness (QED) is 0.850. The minimum absolute atomic E-state index is 0.258. The highest BCUT2D eigenvalue weighted by atomic mass is 79.9. The topological polar surface area (TPSA) is 79.6 Å². The molecule has 92 valence electrons. The first kappa shape index (κ1) is 11.1. The van der Waals surface area contributed by atoms with Crippen molar-refractivity contribution in [3.8, 4) is 0 Å². The maximum atomic E-state index is 11.8. The first-order chi connectivity index (χ1) is 8.66. The summed E-state index contributed by atoms with van der Waals surface area (Å²) in [6, 6.07) is 3.13. The zero-order chi connectivity index (χ0) is 12.7. The van der Waals surface area contributed by atoms with Gasteiger partial charge >= 0.3 is 6.03 Å². The van der Waals surface area contributed by atoms with Crippen molar-refractivity contribution in [2.75, 3.05) is 11.4 Å². The van der Waals surface area contributed by atoms with Gasteiger partial charge in [0, 0.05) is 19.2 Å². The number of rotatable bonds is 1. The second-order valence-corrected chi connectivity index (χ2v) is 4.52. The lowest BCUT2D eigenvalue weighted by atomic mass is 10.2. The first-order valence-electron chi connectivity index (χ1n) is 5.27. The first-order valence-corrected chi connectivity index (χ1v) is 6.07. The Balaban J connectivity index is 2.09. The lowest BCUT2D eigenvalue weighted by Crippen LogP contribution is -2.49. The number of anilines is 1. The van der Waals surface area contributed by atoms with Gasteiger partial charge in [0.05, 0.1) is 5.69 Å². The molecule has 0 atom stereocenters. The van der Waals surface area contributed by atoms with E-state index in [1.54, 1.807) is 22.7 Å². The molecule has 18 heavy (non-hydrogen) atoms. The Morgan fingerprint density at radius 3 is 2.94 bits per heavy atom. The molecule has 0 spiro atoms. The van der Waals surface area contributed by atoms with Gasteiger partial charge in [-0.05, 0) is 28.1 Å². The third kappa shape index (κ3) is 1.65. The van der Waals surface area contributed by atoms with Crippen LogP contribution in [0.4, 0.5) is 10.5 Å². The molecular weight excluding hydrogens is 302 g/mol. The summed E-state index contributed by atoms with van der Waals surface area (Å²) in [7, 11) is 0. The van der Waals surface area contributed by atoms with E-state index >= 15 is 0 Å². The molecule has 0 aliphatic carbocycles. The molecule has 3 amide bonds. The summed E-state index contributed by atoms with van der Waals surface area (Å²) in [4.78, 5) is 24.4. The standard InChI is InChI=1S/C10H8BrN5O2/c11-9-14-13-8-6(2-1-4-16(8)9)15-5-3-7(17)12-10(15)18/h1-2,4H,3,5H2,(H,12,17,18). The van der Waals surface area contributed by atoms with Crippen molar-refractivity contribution in [2.45, 2.75) is 6.42 Å². The van der Waals surface area contributed by atoms with Gasteiger partial charge in [-0.15, -0.1) is 10.2 Å². The third-order valence-electron chi connectivity index (χ3n) is 2.72. The van der Waals surface area contributed by atoms with E-state index < -0.39 is 6.03 Å². The fourth-order valence-electron chi connectivity index (χ4n) is 1.88. The van der Waals surface area contributed by atoms with Crippen LogP contribution in [0, 0.1) is 0 Å². The zero-order valence-electron chi connectivity index (χ0n) is 9.13. The van der Waals surface area contributed by atoms with Crippen molar-refractivity contribution in [1.82, 2.24) is 19.9 Å². The van der Waals surface area contributed by atoms with Gasteiger partial charge < -0.3 is 0 Å². The largest absolute Gasteiger partial charge is 0.328 e. The van der Waals surface area contributed by atoms with Crippen LogP contribution in [-0.4, -0.2) is 33.1 Å². The number of aromatic nitrogens is 3. The molecule has 1 N–H and O–H groups in total. The summed E-state index contributed by atoms with van der Waals surface area (Å²) in [5.41, 5.74) is 1.19. The summed E-state index contributed by atoms with van der Waals surface area (Å²) in [5.74, 6) is -0.258. The van der Waals surface area contributed by atoms with E-state index in [0.29, 0.717) is 22.6 Å². The van der Waals surface area contributed by atoms with Crippen molar-refractivity contribution >= 4 is 39.2 Å². The van der Waals surface area contributed by atoms with Crippen LogP contribution in [0.5, 0.6) is 0 Å². The number of hydrogen-bond donors (Lipinski definition) is 1. The van der Waals surface area contributed by atoms with Crippen LogP contribution in [0.25, 0.3) is 5.65 Å². The van der Waals surface area contributed by atoms with Gasteiger partial charge in [0.1, 0.15) is 0 Å². The minimum atomic E-state index is -0.432. The SMILES string of the molecule is O=C1CCN(c2cccn3c(Br)nnc23)C(=O)N1. The molecule has 3 rings (SSSR count). The van der Waals surface area contributed by atoms with E-state index in [1.165, 1.54) is 4.90 Å². The number of urea groups is 1. The maximum absolute atomic E-state index is 11.8. The summed E-state index contributed by atoms with van der Waals surface area (Å²) < 4.78 is 2.28. The molecule has 3 heterocycles. The highest BCUT2D eigenvalue weighted by molar-refractivity contribution is 9.10. The van der Waals surface area contributed by atoms with E-state index in [9.17, 15) is 9.59 Å². The number of hydrogen-bond acceptors (Lipinski definition) is 4. The number of carbonyl (C=O) groups is 2. The second-order valence-electron chi connectivity index (χ2n) is 3.81. The van der Waals surface area contributed by atoms with Crippen LogP contribution in [0.3, 0.4) is 0 Å². The fraction of sp³-hybridized carbons (Fsp3) is 0.200. The number of fused-ring (bicyclic) bond motifs is 1. The van der Waals surface area contributed by atoms with Crippen molar-refractivity contribution in [2.24, 2.45) is 0 Å². The highest BCUT2D eigenvalue weighted by Gasteiger charge is 2.26. The molecule has 0 aromatic carbocycles. The Morgan fingerprint density at radius 1 is 1.33 bits per heavy atom. The summed E-state index contributed by atoms with van der Waals surface area (Å²) in [5, 5.41) is 10.2. The van der Waals surface area contributed by atoms with Crippen LogP contribution in [0.2, 0.25) is 0 Å². The van der Waals surface area contributed by atoms with Gasteiger partial charge in [0.15, 0.2) is 5.65 Å². The zero-order valence-corrected chi connectivity index (χ0v) is 10.7. The van der Waals surface area contributed by atoms with Crippen LogP contribution in [-0.2, 0) is 4.79 Å². The van der Waals surface area contributed by atoms with E-state index in [1.807, 2.05) is 0 Å². The predicted molar refractivity (Wildman–Crippen MR) is 66.2 cm³/mol. The number of pyridine rings is 1. The molecule has 7 nitrogen and oxygen atoms in total. The number of nitrogens with zero attached hydrogens (tertiary/aromatic N) is 4. The van der Waals surface area contributed by atoms with E-state index in [0.717, 1.165) is 0 Å². The van der Waals surface area contributed by atoms with Gasteiger partial charge in [0.2, 0.25) is 10.6 Å². The molecule has 1 saturated heterocycles. The van der Waals surface area contributed by atoms with Crippen LogP contribution in [0.15, 0.2) is 23.1 Å². The van der Waals surface area contributed by atoms with Crippen molar-refractivity contribution in [3.05, 3.63) is 23.1 Å². The van der Waals surface area contributed by atoms with E-state index in [-0.39, 0.29) is 12.3 Å². The van der Waals surface area contributed by atoms with Gasteiger partial charge in [-0.25, -0.2) is 4.79 Å². The molecule has 0 unspecified atom stereocenters. The molecule has 2 aromatic rings. The van der Waals surface area contributed by atoms with Crippen LogP contribution in [0.1, 0.15) is 6.42 Å². The van der Waals surface area contributed by atoms with Gasteiger partial charge in [-0.1, -0.05) is 0 Å². The smallest absolute Gasteiger partial charge is 0.290 e. The molecule has 1 aliphatic rings. The number of nitrogens with one attached hydrogen (secondary N) is 1. The molecular formula is C10H8BrN5O2. The van der Waals surface area contributed by atoms with Crippen molar-refractivity contribution < 1.29 is 9.59 Å². The molecule has 0 bridgehead atoms. The molecule has 1 aliphatic heterocycles. The van der Waals surface area contributed by atoms with Crippen LogP contribution < -0.4 is 10.2 Å². The highest BCUT2D eigenvalue weighted by Crippen LogP contribution is 2.23. The Bertz CT molecular complexity index is 653. The lowest BCUT2D eigenvalue weighted by molar-refractivity contribution is -0.120. The number of imide groups is 1. The molecule has 1 fully saturated rings. The molecule has 0 saturated carbocycles. The third-order valence-corrected chi connectivity index (χ3v) is 3.26. The van der Waals surface area contributed by atoms with Gasteiger partial charge in [-0.3, -0.25) is 19.4 Å². The minimum Gasteiger partial charge on any atom is -0.290 e. The van der Waals surface area contributed by atoms with Gasteiger partial charge in [-0.2, -0.15) is 0 Å². The average Bonchev–Trinajstić information content (AvgIpc) is 2.72. The number of amides is 3. The summed E-state index contributed by atoms with van der Waals surface area (Å²) in [6.07, 6.45) is 2.07. The monoisotopic (exact) mass is 309 g/mol. The molecule has 8 heteroatoms. The number of carbonyl (C=O) groups excluding carboxylic acids is 2. The molecule has 0 radical (unpaired) electrons. The fourth-order valence-corrected chi connectivity index (χ4v) is 2.24. The summed E-state index contributed by atoms with van der Waals surface area (Å²) in [6.45, 7) is 0.342. The van der Waals surface area contributed by atoms with Crippen LogP contribution >= 0.6 is 15.9 Å². The van der Waals surface area contributed by atoms with Crippen molar-refractivity contribution in [3.63, 3.8) is 0 Å². The van der Waals surface area contributed by atoms with E-state index in [4.69, 9.17) is 0 Å². The van der Waals surface area contributed by atoms with Gasteiger partial charge in [0.25, 0.3) is 0 Å². The number of halogens is 1. The molecule has 2 aromatic heterocycles. The Kier molecular flexibility index (Phi) is 2.51. The maximum Gasteiger partial charge on any atom is 0.328 e. The average molecular weight is 310 g/mol. The lowest BCUT2D eigenvalue weighted by Gasteiger charge is -2.26. The Morgan fingerprint density at radius 2 is 2.17 bits per heavy atom.